The van der Waals surface area contributed by atoms with Gasteiger partial charge in [0.15, 0.2) is 11.8 Å². The van der Waals surface area contributed by atoms with E-state index in [0.717, 1.165) is 21.3 Å². The second kappa shape index (κ2) is 11.3. The van der Waals surface area contributed by atoms with Crippen LogP contribution in [0.15, 0.2) is 34.0 Å². The van der Waals surface area contributed by atoms with E-state index in [1.165, 1.54) is 17.2 Å². The molecule has 1 aliphatic heterocycles. The molecule has 0 spiro atoms. The number of alkyl halides is 2. The minimum atomic E-state index is -2.97. The summed E-state index contributed by atoms with van der Waals surface area (Å²) in [5.74, 6) is -5.68. The number of rotatable bonds is 6. The average molecular weight is 620 g/mol. The van der Waals surface area contributed by atoms with Crippen LogP contribution in [-0.4, -0.2) is 62.7 Å². The molecule has 2 aliphatic rings. The third-order valence-corrected chi connectivity index (χ3v) is 7.52. The van der Waals surface area contributed by atoms with Crippen LogP contribution in [0.3, 0.4) is 0 Å². The average Bonchev–Trinajstić information content (AvgIpc) is 3.57. The molecule has 0 bridgehead atoms. The van der Waals surface area contributed by atoms with Crippen LogP contribution >= 0.6 is 11.6 Å². The molecule has 2 atom stereocenters. The number of ether oxygens (including phenoxy) is 1. The normalized spacial score (nSPS) is 19.3. The number of nitrogens with zero attached hydrogens (tertiary/aromatic N) is 5. The molecular weight excluding hydrogens is 595 g/mol. The number of pyridine rings is 1. The van der Waals surface area contributed by atoms with Gasteiger partial charge >= 0.3 is 11.7 Å². The third kappa shape index (κ3) is 5.93. The van der Waals surface area contributed by atoms with Crippen LogP contribution < -0.4 is 21.9 Å². The number of carbonyl (C=O) groups is 2. The number of aromatic nitrogens is 3. The Kier molecular flexibility index (Phi) is 7.93. The molecule has 0 radical (unpaired) electrons. The SMILES string of the molecule is CC(C)n1c(=O)n(CC2CC2(F)F)c(=O)c2cc(NC(=O)N3CCOC(C(=O)Nc4cnc(C#N)c(Cl)c4)C3)c(F)cc21. The number of anilines is 2. The minimum absolute atomic E-state index is 0.0186. The van der Waals surface area contributed by atoms with E-state index in [0.29, 0.717) is 0 Å². The van der Waals surface area contributed by atoms with Gasteiger partial charge in [-0.25, -0.2) is 27.7 Å². The molecule has 3 amide bonds. The Morgan fingerprint density at radius 3 is 2.60 bits per heavy atom. The fourth-order valence-corrected chi connectivity index (χ4v) is 5.05. The maximum atomic E-state index is 15.2. The van der Waals surface area contributed by atoms with E-state index in [1.54, 1.807) is 19.9 Å². The molecule has 5 rings (SSSR count). The van der Waals surface area contributed by atoms with Crippen molar-refractivity contribution >= 4 is 45.8 Å². The first kappa shape index (κ1) is 30.1. The summed E-state index contributed by atoms with van der Waals surface area (Å²) in [6, 6.07) is 3.82. The topological polar surface area (TPSA) is 151 Å². The fourth-order valence-electron chi connectivity index (χ4n) is 4.84. The molecule has 1 aromatic carbocycles. The molecular formula is C27H25ClF3N7O5. The molecule has 226 valence electrons. The first-order chi connectivity index (χ1) is 20.3. The van der Waals surface area contributed by atoms with Crippen LogP contribution in [0.25, 0.3) is 10.9 Å². The highest BCUT2D eigenvalue weighted by atomic mass is 35.5. The second-order valence-electron chi connectivity index (χ2n) is 10.6. The van der Waals surface area contributed by atoms with Gasteiger partial charge in [-0.2, -0.15) is 5.26 Å². The number of nitrogens with one attached hydrogen (secondary N) is 2. The van der Waals surface area contributed by atoms with Crippen LogP contribution in [0.2, 0.25) is 5.02 Å². The van der Waals surface area contributed by atoms with E-state index >= 15 is 4.39 Å². The number of morpholine rings is 1. The predicted molar refractivity (Wildman–Crippen MR) is 149 cm³/mol. The van der Waals surface area contributed by atoms with Gasteiger partial charge < -0.3 is 20.3 Å². The molecule has 2 aromatic heterocycles. The molecule has 12 nitrogen and oxygen atoms in total. The first-order valence-corrected chi connectivity index (χ1v) is 13.6. The van der Waals surface area contributed by atoms with Crippen LogP contribution in [0, 0.1) is 23.1 Å². The van der Waals surface area contributed by atoms with Gasteiger partial charge in [0.05, 0.1) is 46.6 Å². The van der Waals surface area contributed by atoms with E-state index in [1.807, 2.05) is 0 Å². The van der Waals surface area contributed by atoms with Gasteiger partial charge in [0, 0.05) is 37.5 Å². The Morgan fingerprint density at radius 1 is 1.26 bits per heavy atom. The van der Waals surface area contributed by atoms with Crippen molar-refractivity contribution < 1.29 is 27.5 Å². The summed E-state index contributed by atoms with van der Waals surface area (Å²) in [7, 11) is 0. The number of urea groups is 1. The highest BCUT2D eigenvalue weighted by Gasteiger charge is 2.57. The van der Waals surface area contributed by atoms with Crippen molar-refractivity contribution in [3.05, 3.63) is 61.8 Å². The lowest BCUT2D eigenvalue weighted by Crippen LogP contribution is -2.51. The van der Waals surface area contributed by atoms with Crippen molar-refractivity contribution in [1.82, 2.24) is 19.0 Å². The largest absolute Gasteiger partial charge is 0.365 e. The van der Waals surface area contributed by atoms with E-state index in [-0.39, 0.29) is 52.7 Å². The Balaban J connectivity index is 1.36. The van der Waals surface area contributed by atoms with Gasteiger partial charge in [-0.1, -0.05) is 11.6 Å². The van der Waals surface area contributed by atoms with Gasteiger partial charge in [-0.05, 0) is 26.0 Å². The third-order valence-electron chi connectivity index (χ3n) is 7.23. The zero-order valence-electron chi connectivity index (χ0n) is 22.9. The predicted octanol–water partition coefficient (Wildman–Crippen LogP) is 3.33. The zero-order chi connectivity index (χ0) is 31.2. The van der Waals surface area contributed by atoms with Gasteiger partial charge in [-0.3, -0.25) is 18.7 Å². The lowest BCUT2D eigenvalue weighted by atomic mass is 10.2. The number of carbonyl (C=O) groups excluding carboxylic acids is 2. The summed E-state index contributed by atoms with van der Waals surface area (Å²) in [6.07, 6.45) is -0.315. The van der Waals surface area contributed by atoms with Gasteiger partial charge in [-0.15, -0.1) is 0 Å². The van der Waals surface area contributed by atoms with Crippen molar-refractivity contribution in [3.63, 3.8) is 0 Å². The number of benzene rings is 1. The smallest absolute Gasteiger partial charge is 0.331 e. The molecule has 2 fully saturated rings. The molecule has 3 aromatic rings. The molecule has 1 saturated heterocycles. The summed E-state index contributed by atoms with van der Waals surface area (Å²) in [5.41, 5.74) is -1.95. The Hall–Kier alpha value is -4.42. The van der Waals surface area contributed by atoms with Crippen LogP contribution in [0.5, 0.6) is 0 Å². The lowest BCUT2D eigenvalue weighted by Gasteiger charge is -2.32. The number of halogens is 4. The van der Waals surface area contributed by atoms with Crippen LogP contribution in [0.1, 0.15) is 32.0 Å². The summed E-state index contributed by atoms with van der Waals surface area (Å²) in [5, 5.41) is 13.8. The summed E-state index contributed by atoms with van der Waals surface area (Å²) in [4.78, 5) is 57.2. The van der Waals surface area contributed by atoms with Gasteiger partial charge in [0.1, 0.15) is 11.9 Å². The van der Waals surface area contributed by atoms with E-state index in [4.69, 9.17) is 21.6 Å². The summed E-state index contributed by atoms with van der Waals surface area (Å²) >= 11 is 5.95. The van der Waals surface area contributed by atoms with Crippen molar-refractivity contribution in [2.24, 2.45) is 5.92 Å². The van der Waals surface area contributed by atoms with Crippen molar-refractivity contribution in [2.45, 2.75) is 44.9 Å². The number of hydrogen-bond donors (Lipinski definition) is 2. The lowest BCUT2D eigenvalue weighted by molar-refractivity contribution is -0.131. The standard InChI is InChI=1S/C27H25ClF3N7O5/c1-13(2)38-21-7-18(29)19(6-16(21)24(40)37(26(38)42)11-14-8-27(14,30)31)35-25(41)36-3-4-43-22(12-36)23(39)34-15-5-17(28)20(9-32)33-10-15/h5-7,10,13-14,22H,3-4,8,11-12H2,1-2H3,(H,34,39)(H,35,41). The molecule has 1 aliphatic carbocycles. The number of fused-ring (bicyclic) bond motifs is 1. The minimum Gasteiger partial charge on any atom is -0.365 e. The molecule has 2 N–H and O–H groups in total. The highest BCUT2D eigenvalue weighted by Crippen LogP contribution is 2.49. The second-order valence-corrected chi connectivity index (χ2v) is 11.0. The Morgan fingerprint density at radius 2 is 1.98 bits per heavy atom. The monoisotopic (exact) mass is 619 g/mol. The van der Waals surface area contributed by atoms with Crippen LogP contribution in [-0.2, 0) is 16.1 Å². The zero-order valence-corrected chi connectivity index (χ0v) is 23.6. The van der Waals surface area contributed by atoms with E-state index in [9.17, 15) is 28.0 Å². The van der Waals surface area contributed by atoms with E-state index in [2.05, 4.69) is 15.6 Å². The van der Waals surface area contributed by atoms with Crippen molar-refractivity contribution in [1.29, 1.82) is 5.26 Å². The fraction of sp³-hybridized carbons (Fsp3) is 0.407. The summed E-state index contributed by atoms with van der Waals surface area (Å²) in [6.45, 7) is 2.60. The maximum Gasteiger partial charge on any atom is 0.331 e. The van der Waals surface area contributed by atoms with Crippen LogP contribution in [0.4, 0.5) is 29.3 Å². The molecule has 43 heavy (non-hydrogen) atoms. The number of nitriles is 1. The van der Waals surface area contributed by atoms with Gasteiger partial charge in [0.2, 0.25) is 0 Å². The highest BCUT2D eigenvalue weighted by molar-refractivity contribution is 6.31. The van der Waals surface area contributed by atoms with E-state index < -0.39 is 66.0 Å². The first-order valence-electron chi connectivity index (χ1n) is 13.2. The Bertz CT molecular complexity index is 1800. The van der Waals surface area contributed by atoms with Crippen molar-refractivity contribution in [2.75, 3.05) is 30.3 Å². The molecule has 2 unspecified atom stereocenters. The number of hydrogen-bond acceptors (Lipinski definition) is 7. The quantitative estimate of drug-likeness (QED) is 0.429. The molecule has 1 saturated carbocycles. The molecule has 16 heteroatoms. The number of amides is 3. The Labute approximate surface area is 246 Å². The maximum absolute atomic E-state index is 15.2. The summed E-state index contributed by atoms with van der Waals surface area (Å²) < 4.78 is 49.8. The van der Waals surface area contributed by atoms with Gasteiger partial charge in [0.25, 0.3) is 17.4 Å². The van der Waals surface area contributed by atoms with Crippen molar-refractivity contribution in [3.8, 4) is 6.07 Å². The molecule has 3 heterocycles.